The van der Waals surface area contributed by atoms with E-state index in [0.29, 0.717) is 0 Å². The molecular formula is C25H26ClF4N5O7. The molecule has 0 amide bonds. The summed E-state index contributed by atoms with van der Waals surface area (Å²) in [5, 5.41) is 10.4. The second-order valence-electron chi connectivity index (χ2n) is 9.16. The Morgan fingerprint density at radius 1 is 1.17 bits per heavy atom. The van der Waals surface area contributed by atoms with E-state index in [0.717, 1.165) is 29.1 Å². The van der Waals surface area contributed by atoms with Crippen LogP contribution in [0.1, 0.15) is 31.2 Å². The lowest BCUT2D eigenvalue weighted by Gasteiger charge is -2.31. The van der Waals surface area contributed by atoms with Crippen molar-refractivity contribution in [3.05, 3.63) is 47.0 Å². The summed E-state index contributed by atoms with van der Waals surface area (Å²) in [7, 11) is 0. The summed E-state index contributed by atoms with van der Waals surface area (Å²) in [5.41, 5.74) is 2.12. The topological polar surface area (TPSA) is 161 Å². The van der Waals surface area contributed by atoms with Gasteiger partial charge in [-0.15, -0.1) is 0 Å². The molecule has 228 valence electrons. The van der Waals surface area contributed by atoms with E-state index in [9.17, 15) is 27.9 Å². The fourth-order valence-corrected chi connectivity index (χ4v) is 4.59. The molecule has 42 heavy (non-hydrogen) atoms. The third-order valence-electron chi connectivity index (χ3n) is 6.40. The number of aliphatic hydroxyl groups excluding tert-OH is 1. The fourth-order valence-electron chi connectivity index (χ4n) is 4.42. The van der Waals surface area contributed by atoms with E-state index in [1.54, 1.807) is 0 Å². The highest BCUT2D eigenvalue weighted by molar-refractivity contribution is 6.28. The van der Waals surface area contributed by atoms with E-state index in [-0.39, 0.29) is 41.0 Å². The Morgan fingerprint density at radius 2 is 1.83 bits per heavy atom. The van der Waals surface area contributed by atoms with Crippen molar-refractivity contribution in [3.63, 3.8) is 0 Å². The number of carbonyl (C=O) groups excluding carboxylic acids is 2. The first kappa shape index (κ1) is 31.3. The third kappa shape index (κ3) is 6.11. The molecule has 12 nitrogen and oxygen atoms in total. The van der Waals surface area contributed by atoms with Crippen molar-refractivity contribution < 1.29 is 51.2 Å². The predicted octanol–water partition coefficient (Wildman–Crippen LogP) is 2.80. The van der Waals surface area contributed by atoms with Gasteiger partial charge in [0.15, 0.2) is 23.9 Å². The van der Waals surface area contributed by atoms with Crippen LogP contribution in [0.2, 0.25) is 5.28 Å². The maximum absolute atomic E-state index is 15.3. The minimum absolute atomic E-state index is 0.00542. The molecule has 1 fully saturated rings. The lowest BCUT2D eigenvalue weighted by atomic mass is 9.92. The van der Waals surface area contributed by atoms with Crippen molar-refractivity contribution >= 4 is 40.5 Å². The summed E-state index contributed by atoms with van der Waals surface area (Å²) in [6, 6.07) is 3.91. The van der Waals surface area contributed by atoms with Crippen LogP contribution in [0.25, 0.3) is 11.2 Å². The number of halogens is 5. The van der Waals surface area contributed by atoms with Gasteiger partial charge in [0.05, 0.1) is 31.7 Å². The molecule has 0 unspecified atom stereocenters. The molecule has 3 heterocycles. The van der Waals surface area contributed by atoms with E-state index in [4.69, 9.17) is 36.3 Å². The Kier molecular flexibility index (Phi) is 9.20. The van der Waals surface area contributed by atoms with Crippen LogP contribution in [0, 0.1) is 0 Å². The van der Waals surface area contributed by atoms with Crippen molar-refractivity contribution in [3.8, 4) is 0 Å². The summed E-state index contributed by atoms with van der Waals surface area (Å²) in [4.78, 5) is 38.1. The van der Waals surface area contributed by atoms with Gasteiger partial charge in [0, 0.05) is 6.42 Å². The molecule has 0 saturated carbocycles. The number of aliphatic hydroxyl groups is 1. The molecule has 4 rings (SSSR count). The average molecular weight is 620 g/mol. The number of nitrogens with two attached hydrogens (primary N) is 1. The highest BCUT2D eigenvalue weighted by atomic mass is 35.5. The van der Waals surface area contributed by atoms with Crippen LogP contribution in [0.15, 0.2) is 30.6 Å². The van der Waals surface area contributed by atoms with Crippen molar-refractivity contribution in [1.29, 1.82) is 0 Å². The second kappa shape index (κ2) is 12.3. The highest BCUT2D eigenvalue weighted by Crippen LogP contribution is 2.36. The first-order valence-electron chi connectivity index (χ1n) is 12.6. The van der Waals surface area contributed by atoms with Gasteiger partial charge in [-0.2, -0.15) is 23.1 Å². The van der Waals surface area contributed by atoms with E-state index in [1.807, 2.05) is 0 Å². The van der Waals surface area contributed by atoms with Crippen molar-refractivity contribution in [2.75, 3.05) is 25.6 Å². The molecule has 3 aromatic rings. The monoisotopic (exact) mass is 619 g/mol. The molecule has 4 atom stereocenters. The maximum atomic E-state index is 15.3. The summed E-state index contributed by atoms with van der Waals surface area (Å²) < 4.78 is 78.0. The van der Waals surface area contributed by atoms with Gasteiger partial charge >= 0.3 is 18.1 Å². The molecule has 0 aliphatic carbocycles. The van der Waals surface area contributed by atoms with Crippen molar-refractivity contribution in [2.24, 2.45) is 0 Å². The number of nitrogens with zero attached hydrogens (tertiary/aromatic N) is 4. The van der Waals surface area contributed by atoms with E-state index < -0.39 is 66.9 Å². The van der Waals surface area contributed by atoms with Gasteiger partial charge < -0.3 is 29.8 Å². The van der Waals surface area contributed by atoms with Crippen LogP contribution in [0.4, 0.5) is 23.4 Å². The minimum atomic E-state index is -4.71. The van der Waals surface area contributed by atoms with Gasteiger partial charge in [0.25, 0.3) is 5.60 Å². The van der Waals surface area contributed by atoms with E-state index >= 15 is 4.39 Å². The van der Waals surface area contributed by atoms with E-state index in [2.05, 4.69) is 15.0 Å². The third-order valence-corrected chi connectivity index (χ3v) is 6.57. The quantitative estimate of drug-likeness (QED) is 0.149. The molecule has 0 bridgehead atoms. The van der Waals surface area contributed by atoms with Crippen molar-refractivity contribution in [1.82, 2.24) is 19.5 Å². The number of anilines is 1. The SMILES string of the molecule is CCOC(=O)C(Cc1cccc(C(F)(F)F)c1)(OC[C@H]1O[C@@H](n2cnc3c(N)nc(Cl)nc32)[C@@H](F)[C@@H]1O)C(=O)OCC. The Hall–Kier alpha value is -3.60. The molecule has 1 aromatic carbocycles. The maximum Gasteiger partial charge on any atom is 0.416 e. The number of alkyl halides is 4. The normalized spacial score (nSPS) is 21.0. The lowest BCUT2D eigenvalue weighted by Crippen LogP contribution is -2.54. The number of nitrogen functional groups attached to an aromatic ring is 1. The van der Waals surface area contributed by atoms with Crippen LogP contribution in [-0.2, 0) is 41.1 Å². The Bertz CT molecular complexity index is 1440. The van der Waals surface area contributed by atoms with Crippen LogP contribution in [0.3, 0.4) is 0 Å². The fraction of sp³-hybridized carbons (Fsp3) is 0.480. The molecule has 1 aliphatic rings. The molecule has 0 spiro atoms. The summed E-state index contributed by atoms with van der Waals surface area (Å²) in [5.74, 6) is -2.60. The Balaban J connectivity index is 1.65. The molecule has 0 radical (unpaired) electrons. The molecule has 17 heteroatoms. The molecule has 1 aliphatic heterocycles. The van der Waals surface area contributed by atoms with Gasteiger partial charge in [-0.3, -0.25) is 4.57 Å². The number of hydrogen-bond donors (Lipinski definition) is 2. The summed E-state index contributed by atoms with van der Waals surface area (Å²) in [6.07, 6.45) is -11.2. The molecular weight excluding hydrogens is 594 g/mol. The highest BCUT2D eigenvalue weighted by Gasteiger charge is 2.53. The largest absolute Gasteiger partial charge is 0.463 e. The van der Waals surface area contributed by atoms with Crippen molar-refractivity contribution in [2.45, 2.75) is 56.7 Å². The number of aromatic nitrogens is 4. The number of rotatable bonds is 10. The average Bonchev–Trinajstić information content (AvgIpc) is 3.47. The van der Waals surface area contributed by atoms with Crippen LogP contribution >= 0.6 is 11.6 Å². The first-order chi connectivity index (χ1) is 19.8. The zero-order valence-corrected chi connectivity index (χ0v) is 22.9. The van der Waals surface area contributed by atoms with E-state index in [1.165, 1.54) is 19.9 Å². The number of ether oxygens (including phenoxy) is 4. The number of carbonyl (C=O) groups is 2. The zero-order chi connectivity index (χ0) is 30.8. The Labute approximate surface area is 240 Å². The lowest BCUT2D eigenvalue weighted by molar-refractivity contribution is -0.197. The molecule has 2 aromatic heterocycles. The smallest absolute Gasteiger partial charge is 0.416 e. The molecule has 1 saturated heterocycles. The molecule has 3 N–H and O–H groups in total. The number of imidazole rings is 1. The zero-order valence-electron chi connectivity index (χ0n) is 22.2. The first-order valence-corrected chi connectivity index (χ1v) is 13.0. The standard InChI is InChI=1S/C25H26ClF4N5O7/c1-3-39-21(37)24(22(38)40-4-2,9-12-6-5-7-13(8-12)25(28,29)30)41-10-14-17(36)15(27)20(42-14)35-11-32-16-18(31)33-23(26)34-19(16)35/h5-8,11,14-15,17,20,36H,3-4,9-10H2,1-2H3,(H2,31,33,34)/t14-,15+,17-,20-/m1/s1. The predicted molar refractivity (Wildman–Crippen MR) is 137 cm³/mol. The van der Waals surface area contributed by atoms with Gasteiger partial charge in [0.1, 0.15) is 17.7 Å². The van der Waals surface area contributed by atoms with Gasteiger partial charge in [-0.1, -0.05) is 18.2 Å². The summed E-state index contributed by atoms with van der Waals surface area (Å²) in [6.45, 7) is 1.67. The summed E-state index contributed by atoms with van der Waals surface area (Å²) >= 11 is 5.87. The van der Waals surface area contributed by atoms with Crippen LogP contribution in [0.5, 0.6) is 0 Å². The van der Waals surface area contributed by atoms with Crippen LogP contribution in [-0.4, -0.2) is 80.4 Å². The van der Waals surface area contributed by atoms with Gasteiger partial charge in [0.2, 0.25) is 5.28 Å². The number of benzene rings is 1. The second-order valence-corrected chi connectivity index (χ2v) is 9.49. The number of fused-ring (bicyclic) bond motifs is 1. The number of hydrogen-bond acceptors (Lipinski definition) is 11. The number of esters is 2. The van der Waals surface area contributed by atoms with Gasteiger partial charge in [-0.05, 0) is 37.1 Å². The minimum Gasteiger partial charge on any atom is -0.463 e. The Morgan fingerprint density at radius 3 is 2.45 bits per heavy atom. The van der Waals surface area contributed by atoms with Crippen LogP contribution < -0.4 is 5.73 Å². The van der Waals surface area contributed by atoms with Gasteiger partial charge in [-0.25, -0.2) is 19.0 Å².